The molecule has 0 N–H and O–H groups in total. The van der Waals surface area contributed by atoms with Gasteiger partial charge in [-0.15, -0.1) is 0 Å². The molecule has 0 bridgehead atoms. The van der Waals surface area contributed by atoms with Gasteiger partial charge in [-0.1, -0.05) is 249 Å². The van der Waals surface area contributed by atoms with Gasteiger partial charge in [-0.3, -0.25) is 0 Å². The number of fused-ring (bicyclic) bond motifs is 6. The van der Waals surface area contributed by atoms with Gasteiger partial charge in [0, 0.05) is 33.1 Å². The molecular weight excluding hydrogens is 917 g/mol. The number of anilines is 3. The molecule has 2 heteroatoms. The van der Waals surface area contributed by atoms with E-state index in [4.69, 9.17) is 0 Å². The summed E-state index contributed by atoms with van der Waals surface area (Å²) >= 11 is 0. The molecule has 0 spiro atoms. The molecule has 0 radical (unpaired) electrons. The maximum absolute atomic E-state index is 2.48. The van der Waals surface area contributed by atoms with Crippen LogP contribution < -0.4 is 4.90 Å². The second kappa shape index (κ2) is 19.1. The summed E-state index contributed by atoms with van der Waals surface area (Å²) in [5, 5.41) is 7.46. The zero-order chi connectivity index (χ0) is 50.4. The SMILES string of the molecule is c1ccc(-c2ccc(-c3ccc(N(c4ccc(-c5ccc(-c6ccccc6)cc5)cc4)c4ccccc4-c4cccc(-c5cccc6c5c5ccccc5n6-c5cc6ccccc6c6ccccc56)c4)cc3)cc2)cc1. The van der Waals surface area contributed by atoms with Gasteiger partial charge >= 0.3 is 0 Å². The van der Waals surface area contributed by atoms with E-state index in [0.29, 0.717) is 0 Å². The fraction of sp³-hybridized carbons (Fsp3) is 0. The molecule has 14 aromatic rings. The first-order valence-corrected chi connectivity index (χ1v) is 26.2. The average molecular weight is 967 g/mol. The van der Waals surface area contributed by atoms with Crippen LogP contribution in [0.1, 0.15) is 0 Å². The van der Waals surface area contributed by atoms with Gasteiger partial charge in [-0.2, -0.15) is 0 Å². The van der Waals surface area contributed by atoms with Crippen molar-refractivity contribution in [1.29, 1.82) is 0 Å². The summed E-state index contributed by atoms with van der Waals surface area (Å²) in [6.07, 6.45) is 0. The highest BCUT2D eigenvalue weighted by Crippen LogP contribution is 2.45. The maximum Gasteiger partial charge on any atom is 0.0547 e. The summed E-state index contributed by atoms with van der Waals surface area (Å²) in [6.45, 7) is 0. The second-order valence-electron chi connectivity index (χ2n) is 19.6. The highest BCUT2D eigenvalue weighted by molar-refractivity contribution is 6.18. The van der Waals surface area contributed by atoms with Crippen LogP contribution in [-0.2, 0) is 0 Å². The van der Waals surface area contributed by atoms with E-state index >= 15 is 0 Å². The lowest BCUT2D eigenvalue weighted by Crippen LogP contribution is -2.11. The Labute approximate surface area is 443 Å². The van der Waals surface area contributed by atoms with Crippen molar-refractivity contribution in [2.24, 2.45) is 0 Å². The summed E-state index contributed by atoms with van der Waals surface area (Å²) < 4.78 is 2.48. The van der Waals surface area contributed by atoms with Crippen LogP contribution in [0.4, 0.5) is 17.1 Å². The van der Waals surface area contributed by atoms with Gasteiger partial charge in [0.15, 0.2) is 0 Å². The topological polar surface area (TPSA) is 8.17 Å². The van der Waals surface area contributed by atoms with E-state index in [0.717, 1.165) is 28.2 Å². The van der Waals surface area contributed by atoms with E-state index in [1.54, 1.807) is 0 Å². The summed E-state index contributed by atoms with van der Waals surface area (Å²) in [5.74, 6) is 0. The van der Waals surface area contributed by atoms with Crippen LogP contribution in [0.5, 0.6) is 0 Å². The first-order valence-electron chi connectivity index (χ1n) is 26.2. The molecule has 14 rings (SSSR count). The van der Waals surface area contributed by atoms with Gasteiger partial charge in [0.05, 0.1) is 22.4 Å². The third-order valence-corrected chi connectivity index (χ3v) is 15.2. The number of hydrogen-bond acceptors (Lipinski definition) is 1. The molecule has 1 aromatic heterocycles. The van der Waals surface area contributed by atoms with Crippen molar-refractivity contribution in [1.82, 2.24) is 4.57 Å². The minimum absolute atomic E-state index is 1.08. The minimum atomic E-state index is 1.08. The fourth-order valence-corrected chi connectivity index (χ4v) is 11.5. The van der Waals surface area contributed by atoms with E-state index in [1.807, 2.05) is 0 Å². The third-order valence-electron chi connectivity index (χ3n) is 15.2. The Morgan fingerprint density at radius 2 is 0.632 bits per heavy atom. The molecule has 0 aliphatic heterocycles. The summed E-state index contributed by atoms with van der Waals surface area (Å²) in [4.78, 5) is 2.41. The lowest BCUT2D eigenvalue weighted by molar-refractivity contribution is 1.20. The predicted molar refractivity (Wildman–Crippen MR) is 323 cm³/mol. The lowest BCUT2D eigenvalue weighted by Gasteiger charge is -2.28. The molecule has 0 aliphatic carbocycles. The zero-order valence-corrected chi connectivity index (χ0v) is 41.8. The Hall–Kier alpha value is -10.0. The van der Waals surface area contributed by atoms with Crippen LogP contribution in [0.25, 0.3) is 116 Å². The van der Waals surface area contributed by atoms with E-state index in [1.165, 1.54) is 105 Å². The first kappa shape index (κ1) is 44.7. The molecular formula is C74H50N2. The van der Waals surface area contributed by atoms with Crippen LogP contribution >= 0.6 is 0 Å². The van der Waals surface area contributed by atoms with Crippen molar-refractivity contribution in [3.05, 3.63) is 303 Å². The summed E-state index contributed by atoms with van der Waals surface area (Å²) in [5.41, 5.74) is 21.0. The highest BCUT2D eigenvalue weighted by atomic mass is 15.1. The normalized spacial score (nSPS) is 11.4. The summed E-state index contributed by atoms with van der Waals surface area (Å²) in [7, 11) is 0. The third kappa shape index (κ3) is 8.01. The Morgan fingerprint density at radius 3 is 1.22 bits per heavy atom. The Kier molecular flexibility index (Phi) is 11.2. The lowest BCUT2D eigenvalue weighted by atomic mass is 9.94. The van der Waals surface area contributed by atoms with Crippen molar-refractivity contribution >= 4 is 60.4 Å². The van der Waals surface area contributed by atoms with Gasteiger partial charge in [0.2, 0.25) is 0 Å². The van der Waals surface area contributed by atoms with Crippen molar-refractivity contribution in [2.75, 3.05) is 4.90 Å². The molecule has 0 aliphatic rings. The Balaban J connectivity index is 0.874. The largest absolute Gasteiger partial charge is 0.310 e. The Morgan fingerprint density at radius 1 is 0.237 bits per heavy atom. The van der Waals surface area contributed by atoms with E-state index in [-0.39, 0.29) is 0 Å². The number of hydrogen-bond donors (Lipinski definition) is 0. The predicted octanol–water partition coefficient (Wildman–Crippen LogP) is 20.6. The molecule has 0 saturated carbocycles. The number of para-hydroxylation sites is 2. The molecule has 76 heavy (non-hydrogen) atoms. The quantitative estimate of drug-likeness (QED) is 0.124. The zero-order valence-electron chi connectivity index (χ0n) is 41.8. The number of rotatable bonds is 10. The van der Waals surface area contributed by atoms with Crippen molar-refractivity contribution in [3.8, 4) is 72.4 Å². The van der Waals surface area contributed by atoms with Crippen LogP contribution in [-0.4, -0.2) is 4.57 Å². The molecule has 0 amide bonds. The van der Waals surface area contributed by atoms with Gasteiger partial charge in [0.1, 0.15) is 0 Å². The fourth-order valence-electron chi connectivity index (χ4n) is 11.5. The molecule has 0 saturated heterocycles. The second-order valence-corrected chi connectivity index (χ2v) is 19.6. The highest BCUT2D eigenvalue weighted by Gasteiger charge is 2.21. The van der Waals surface area contributed by atoms with E-state index < -0.39 is 0 Å². The van der Waals surface area contributed by atoms with Gasteiger partial charge < -0.3 is 9.47 Å². The Bertz CT molecular complexity index is 4270. The van der Waals surface area contributed by atoms with Gasteiger partial charge in [0.25, 0.3) is 0 Å². The van der Waals surface area contributed by atoms with Crippen LogP contribution in [0.2, 0.25) is 0 Å². The number of benzene rings is 13. The standard InChI is InChI=1S/C74H50N2/c1-3-17-51(18-4-1)53-33-37-55(38-34-53)57-41-45-62(46-42-57)75(63-47-43-58(44-48-63)56-39-35-54(36-40-56)52-19-5-2-6-20-52)70-30-13-11-25-65(70)59-22-15-23-60(49-59)66-29-16-32-72-74(66)69-28-12-14-31-71(69)76(72)73-50-61-21-7-8-24-64(61)67-26-9-10-27-68(67)73/h1-50H. The molecule has 0 unspecified atom stereocenters. The van der Waals surface area contributed by atoms with E-state index in [9.17, 15) is 0 Å². The van der Waals surface area contributed by atoms with Crippen molar-refractivity contribution < 1.29 is 0 Å². The van der Waals surface area contributed by atoms with Crippen LogP contribution in [0.15, 0.2) is 303 Å². The monoisotopic (exact) mass is 966 g/mol. The molecule has 0 fully saturated rings. The average Bonchev–Trinajstić information content (AvgIpc) is 3.94. The van der Waals surface area contributed by atoms with Crippen LogP contribution in [0.3, 0.4) is 0 Å². The maximum atomic E-state index is 2.48. The van der Waals surface area contributed by atoms with E-state index in [2.05, 4.69) is 313 Å². The van der Waals surface area contributed by atoms with Gasteiger partial charge in [-0.05, 0) is 132 Å². The molecule has 356 valence electrons. The van der Waals surface area contributed by atoms with Crippen molar-refractivity contribution in [2.45, 2.75) is 0 Å². The number of aromatic nitrogens is 1. The molecule has 2 nitrogen and oxygen atoms in total. The summed E-state index contributed by atoms with van der Waals surface area (Å²) in [6, 6.07) is 111. The molecule has 13 aromatic carbocycles. The van der Waals surface area contributed by atoms with Crippen molar-refractivity contribution in [3.63, 3.8) is 0 Å². The van der Waals surface area contributed by atoms with Crippen LogP contribution in [0, 0.1) is 0 Å². The van der Waals surface area contributed by atoms with Gasteiger partial charge in [-0.25, -0.2) is 0 Å². The minimum Gasteiger partial charge on any atom is -0.310 e. The molecule has 0 atom stereocenters. The molecule has 1 heterocycles. The first-order chi connectivity index (χ1) is 37.7. The number of nitrogens with zero attached hydrogens (tertiary/aromatic N) is 2. The smallest absolute Gasteiger partial charge is 0.0547 e.